The second-order valence-corrected chi connectivity index (χ2v) is 6.86. The number of nitrogens with zero attached hydrogens (tertiary/aromatic N) is 3. The van der Waals surface area contributed by atoms with Gasteiger partial charge in [0.1, 0.15) is 0 Å². The van der Waals surface area contributed by atoms with Crippen LogP contribution in [0.3, 0.4) is 0 Å². The van der Waals surface area contributed by atoms with Crippen molar-refractivity contribution < 1.29 is 4.79 Å². The van der Waals surface area contributed by atoms with Crippen LogP contribution in [0.4, 0.5) is 0 Å². The Labute approximate surface area is 155 Å². The predicted octanol–water partition coefficient (Wildman–Crippen LogP) is 3.57. The Morgan fingerprint density at radius 2 is 1.73 bits per heavy atom. The Morgan fingerprint density at radius 3 is 2.38 bits per heavy atom. The molecule has 1 fully saturated rings. The van der Waals surface area contributed by atoms with E-state index in [1.54, 1.807) is 0 Å². The number of hydrogen-bond acceptors (Lipinski definition) is 3. The molecule has 1 atom stereocenters. The summed E-state index contributed by atoms with van der Waals surface area (Å²) in [6.07, 6.45) is 1.50. The molecule has 1 aliphatic rings. The van der Waals surface area contributed by atoms with Gasteiger partial charge in [0.2, 0.25) is 5.91 Å². The van der Waals surface area contributed by atoms with Crippen LogP contribution in [0, 0.1) is 11.3 Å². The topological polar surface area (TPSA) is 47.3 Å². The third-order valence-electron chi connectivity index (χ3n) is 5.03. The van der Waals surface area contributed by atoms with Crippen LogP contribution in [-0.2, 0) is 17.9 Å². The predicted molar refractivity (Wildman–Crippen MR) is 102 cm³/mol. The lowest BCUT2D eigenvalue weighted by Crippen LogP contribution is -2.42. The van der Waals surface area contributed by atoms with Crippen LogP contribution in [0.25, 0.3) is 0 Å². The fourth-order valence-corrected chi connectivity index (χ4v) is 3.52. The van der Waals surface area contributed by atoms with Gasteiger partial charge in [0.15, 0.2) is 0 Å². The molecule has 2 aromatic rings. The van der Waals surface area contributed by atoms with Gasteiger partial charge in [0, 0.05) is 38.6 Å². The number of carbonyl (C=O) groups is 1. The van der Waals surface area contributed by atoms with Crippen LogP contribution >= 0.6 is 0 Å². The molecule has 0 spiro atoms. The lowest BCUT2D eigenvalue weighted by atomic mass is 10.1. The van der Waals surface area contributed by atoms with Gasteiger partial charge >= 0.3 is 0 Å². The molecule has 0 bridgehead atoms. The van der Waals surface area contributed by atoms with E-state index in [2.05, 4.69) is 30.0 Å². The summed E-state index contributed by atoms with van der Waals surface area (Å²) in [4.78, 5) is 17.1. The Morgan fingerprint density at radius 1 is 1.04 bits per heavy atom. The minimum absolute atomic E-state index is 0.226. The molecule has 1 heterocycles. The number of amides is 1. The average Bonchev–Trinajstić information content (AvgIpc) is 2.83. The van der Waals surface area contributed by atoms with Gasteiger partial charge in [-0.25, -0.2) is 0 Å². The van der Waals surface area contributed by atoms with Gasteiger partial charge in [-0.2, -0.15) is 5.26 Å². The fourth-order valence-electron chi connectivity index (χ4n) is 3.52. The first kappa shape index (κ1) is 18.2. The monoisotopic (exact) mass is 347 g/mol. The van der Waals surface area contributed by atoms with E-state index >= 15 is 0 Å². The molecule has 0 unspecified atom stereocenters. The Bertz CT molecular complexity index is 764. The van der Waals surface area contributed by atoms with Crippen LogP contribution < -0.4 is 0 Å². The number of hydrogen-bond donors (Lipinski definition) is 0. The second kappa shape index (κ2) is 8.64. The molecule has 1 aliphatic heterocycles. The van der Waals surface area contributed by atoms with Gasteiger partial charge in [-0.3, -0.25) is 9.69 Å². The molecule has 0 radical (unpaired) electrons. The zero-order valence-corrected chi connectivity index (χ0v) is 15.3. The van der Waals surface area contributed by atoms with Gasteiger partial charge in [0.25, 0.3) is 0 Å². The highest BCUT2D eigenvalue weighted by atomic mass is 16.2. The van der Waals surface area contributed by atoms with Crippen LogP contribution in [-0.4, -0.2) is 34.8 Å². The summed E-state index contributed by atoms with van der Waals surface area (Å²) in [6, 6.07) is 20.3. The summed E-state index contributed by atoms with van der Waals surface area (Å²) in [5.74, 6) is 0.239. The lowest BCUT2D eigenvalue weighted by molar-refractivity contribution is -0.133. The van der Waals surface area contributed by atoms with E-state index in [1.165, 1.54) is 11.1 Å². The van der Waals surface area contributed by atoms with Crippen molar-refractivity contribution in [1.82, 2.24) is 9.80 Å². The largest absolute Gasteiger partial charge is 0.334 e. The van der Waals surface area contributed by atoms with Crippen LogP contribution in [0.1, 0.15) is 36.5 Å². The zero-order chi connectivity index (χ0) is 18.4. The van der Waals surface area contributed by atoms with E-state index in [0.717, 1.165) is 26.1 Å². The smallest absolute Gasteiger partial charge is 0.224 e. The average molecular weight is 347 g/mol. The molecule has 0 saturated carbocycles. The van der Waals surface area contributed by atoms with Crippen LogP contribution in [0.5, 0.6) is 0 Å². The summed E-state index contributed by atoms with van der Waals surface area (Å²) in [7, 11) is 0. The lowest BCUT2D eigenvalue weighted by Gasteiger charge is -2.31. The summed E-state index contributed by atoms with van der Waals surface area (Å²) in [5.41, 5.74) is 3.04. The molecule has 2 aromatic carbocycles. The maximum absolute atomic E-state index is 12.7. The standard InChI is InChI=1S/C22H25N3O/c1-2-21-17-24(15-20-10-8-18(14-23)9-11-20)13-12-22(26)25(21)16-19-6-4-3-5-7-19/h3-11,21H,2,12-13,15-17H2,1H3/t21-/m0/s1. The summed E-state index contributed by atoms with van der Waals surface area (Å²) >= 11 is 0. The minimum atomic E-state index is 0.226. The molecule has 0 N–H and O–H groups in total. The molecule has 4 heteroatoms. The zero-order valence-electron chi connectivity index (χ0n) is 15.3. The molecule has 0 aliphatic carbocycles. The molecule has 3 rings (SSSR count). The van der Waals surface area contributed by atoms with Gasteiger partial charge in [-0.15, -0.1) is 0 Å². The summed E-state index contributed by atoms with van der Waals surface area (Å²) in [6.45, 7) is 5.31. The van der Waals surface area contributed by atoms with E-state index in [1.807, 2.05) is 47.4 Å². The van der Waals surface area contributed by atoms with Crippen LogP contribution in [0.2, 0.25) is 0 Å². The maximum atomic E-state index is 12.7. The Kier molecular flexibility index (Phi) is 6.04. The first-order valence-corrected chi connectivity index (χ1v) is 9.24. The third kappa shape index (κ3) is 4.50. The van der Waals surface area contributed by atoms with E-state index in [9.17, 15) is 4.79 Å². The second-order valence-electron chi connectivity index (χ2n) is 6.86. The molecule has 26 heavy (non-hydrogen) atoms. The molecular formula is C22H25N3O. The van der Waals surface area contributed by atoms with Gasteiger partial charge in [-0.1, -0.05) is 49.4 Å². The van der Waals surface area contributed by atoms with Crippen molar-refractivity contribution in [2.75, 3.05) is 13.1 Å². The quantitative estimate of drug-likeness (QED) is 0.831. The molecular weight excluding hydrogens is 322 g/mol. The molecule has 1 amide bonds. The van der Waals surface area contributed by atoms with Crippen LogP contribution in [0.15, 0.2) is 54.6 Å². The number of rotatable bonds is 5. The highest BCUT2D eigenvalue weighted by molar-refractivity contribution is 5.77. The van der Waals surface area contributed by atoms with Crippen molar-refractivity contribution >= 4 is 5.91 Å². The van der Waals surface area contributed by atoms with E-state index in [4.69, 9.17) is 5.26 Å². The van der Waals surface area contributed by atoms with Gasteiger partial charge in [0.05, 0.1) is 11.6 Å². The highest BCUT2D eigenvalue weighted by Crippen LogP contribution is 2.19. The maximum Gasteiger partial charge on any atom is 0.224 e. The molecule has 0 aromatic heterocycles. The van der Waals surface area contributed by atoms with Crippen molar-refractivity contribution in [3.05, 3.63) is 71.3 Å². The first-order chi connectivity index (χ1) is 12.7. The van der Waals surface area contributed by atoms with Crippen molar-refractivity contribution in [2.45, 2.75) is 38.9 Å². The number of nitriles is 1. The highest BCUT2D eigenvalue weighted by Gasteiger charge is 2.28. The third-order valence-corrected chi connectivity index (χ3v) is 5.03. The van der Waals surface area contributed by atoms with Crippen molar-refractivity contribution in [1.29, 1.82) is 5.26 Å². The van der Waals surface area contributed by atoms with E-state index in [0.29, 0.717) is 18.5 Å². The number of carbonyl (C=O) groups excluding carboxylic acids is 1. The van der Waals surface area contributed by atoms with E-state index < -0.39 is 0 Å². The summed E-state index contributed by atoms with van der Waals surface area (Å²) in [5, 5.41) is 8.93. The fraction of sp³-hybridized carbons (Fsp3) is 0.364. The van der Waals surface area contributed by atoms with Crippen molar-refractivity contribution in [3.63, 3.8) is 0 Å². The van der Waals surface area contributed by atoms with E-state index in [-0.39, 0.29) is 11.9 Å². The first-order valence-electron chi connectivity index (χ1n) is 9.24. The van der Waals surface area contributed by atoms with Gasteiger partial charge < -0.3 is 4.90 Å². The minimum Gasteiger partial charge on any atom is -0.334 e. The Balaban J connectivity index is 1.70. The van der Waals surface area contributed by atoms with Crippen molar-refractivity contribution in [2.24, 2.45) is 0 Å². The number of benzene rings is 2. The normalized spacial score (nSPS) is 18.4. The molecule has 134 valence electrons. The molecule has 1 saturated heterocycles. The van der Waals surface area contributed by atoms with Crippen molar-refractivity contribution in [3.8, 4) is 6.07 Å². The van der Waals surface area contributed by atoms with Gasteiger partial charge in [-0.05, 0) is 29.7 Å². The molecule has 4 nitrogen and oxygen atoms in total. The Hall–Kier alpha value is -2.64. The SMILES string of the molecule is CC[C@H]1CN(Cc2ccc(C#N)cc2)CCC(=O)N1Cc1ccccc1. The summed E-state index contributed by atoms with van der Waals surface area (Å²) < 4.78 is 0.